The van der Waals surface area contributed by atoms with Crippen LogP contribution in [-0.2, 0) is 4.74 Å². The molecule has 2 rings (SSSR count). The molecule has 1 aromatic carbocycles. The van der Waals surface area contributed by atoms with Crippen LogP contribution >= 0.6 is 15.9 Å². The lowest BCUT2D eigenvalue weighted by Crippen LogP contribution is -2.19. The first kappa shape index (κ1) is 13.1. The van der Waals surface area contributed by atoms with Crippen molar-refractivity contribution in [3.63, 3.8) is 0 Å². The molecule has 1 aliphatic rings. The second kappa shape index (κ2) is 6.55. The summed E-state index contributed by atoms with van der Waals surface area (Å²) >= 11 is 3.68. The number of aryl methyl sites for hydroxylation is 1. The Labute approximate surface area is 113 Å². The fourth-order valence-electron chi connectivity index (χ4n) is 2.70. The van der Waals surface area contributed by atoms with Gasteiger partial charge in [0.2, 0.25) is 0 Å². The van der Waals surface area contributed by atoms with Gasteiger partial charge in [-0.05, 0) is 49.1 Å². The maximum absolute atomic E-state index is 5.43. The summed E-state index contributed by atoms with van der Waals surface area (Å²) in [5, 5.41) is 1.06. The molecule has 0 saturated carbocycles. The highest BCUT2D eigenvalue weighted by atomic mass is 79.9. The van der Waals surface area contributed by atoms with Gasteiger partial charge in [0.15, 0.2) is 0 Å². The molecule has 1 aliphatic heterocycles. The zero-order valence-electron chi connectivity index (χ0n) is 10.5. The zero-order valence-corrected chi connectivity index (χ0v) is 12.1. The van der Waals surface area contributed by atoms with Gasteiger partial charge < -0.3 is 4.74 Å². The molecule has 0 bridgehead atoms. The number of alkyl halides is 1. The van der Waals surface area contributed by atoms with Crippen LogP contribution < -0.4 is 0 Å². The van der Waals surface area contributed by atoms with Crippen molar-refractivity contribution in [1.82, 2.24) is 0 Å². The molecule has 1 fully saturated rings. The highest BCUT2D eigenvalue weighted by Gasteiger charge is 2.20. The van der Waals surface area contributed by atoms with Gasteiger partial charge in [-0.1, -0.05) is 40.2 Å². The lowest BCUT2D eigenvalue weighted by atomic mass is 9.85. The molecule has 1 atom stereocenters. The smallest absolute Gasteiger partial charge is 0.0468 e. The van der Waals surface area contributed by atoms with Gasteiger partial charge >= 0.3 is 0 Å². The molecule has 94 valence electrons. The number of hydrogen-bond acceptors (Lipinski definition) is 1. The summed E-state index contributed by atoms with van der Waals surface area (Å²) in [5.41, 5.74) is 2.93. The van der Waals surface area contributed by atoms with E-state index in [1.54, 1.807) is 0 Å². The average Bonchev–Trinajstić information content (AvgIpc) is 2.38. The quantitative estimate of drug-likeness (QED) is 0.753. The summed E-state index contributed by atoms with van der Waals surface area (Å²) in [6, 6.07) is 8.77. The Morgan fingerprint density at radius 2 is 2.00 bits per heavy atom. The van der Waals surface area contributed by atoms with Crippen molar-refractivity contribution in [2.45, 2.75) is 32.1 Å². The second-order valence-corrected chi connectivity index (χ2v) is 5.65. The van der Waals surface area contributed by atoms with Crippen LogP contribution in [0.3, 0.4) is 0 Å². The summed E-state index contributed by atoms with van der Waals surface area (Å²) in [6.07, 6.45) is 3.75. The largest absolute Gasteiger partial charge is 0.381 e. The van der Waals surface area contributed by atoms with Crippen LogP contribution in [0.2, 0.25) is 0 Å². The third kappa shape index (κ3) is 3.56. The summed E-state index contributed by atoms with van der Waals surface area (Å²) in [4.78, 5) is 0. The maximum Gasteiger partial charge on any atom is 0.0468 e. The molecule has 1 aromatic rings. The highest BCUT2D eigenvalue weighted by Crippen LogP contribution is 2.32. The number of benzene rings is 1. The number of halogens is 1. The fraction of sp³-hybridized carbons (Fsp3) is 0.600. The van der Waals surface area contributed by atoms with Crippen molar-refractivity contribution in [2.75, 3.05) is 18.5 Å². The Morgan fingerprint density at radius 1 is 1.29 bits per heavy atom. The average molecular weight is 297 g/mol. The molecule has 1 nitrogen and oxygen atoms in total. The molecule has 1 saturated heterocycles. The molecule has 0 amide bonds. The Bertz CT molecular complexity index is 345. The molecule has 1 unspecified atom stereocenters. The van der Waals surface area contributed by atoms with Crippen LogP contribution in [0.5, 0.6) is 0 Å². The van der Waals surface area contributed by atoms with E-state index < -0.39 is 0 Å². The maximum atomic E-state index is 5.43. The summed E-state index contributed by atoms with van der Waals surface area (Å²) < 4.78 is 5.43. The molecule has 1 heterocycles. The molecular formula is C15H21BrO. The van der Waals surface area contributed by atoms with Crippen LogP contribution in [0.25, 0.3) is 0 Å². The summed E-state index contributed by atoms with van der Waals surface area (Å²) in [7, 11) is 0. The van der Waals surface area contributed by atoms with Gasteiger partial charge in [-0.2, -0.15) is 0 Å². The standard InChI is InChI=1S/C15H21BrO/c1-12-4-2-3-5-15(12)14(11-16)10-13-6-8-17-9-7-13/h2-5,13-14H,6-11H2,1H3. The van der Waals surface area contributed by atoms with Crippen molar-refractivity contribution in [3.8, 4) is 0 Å². The van der Waals surface area contributed by atoms with E-state index in [4.69, 9.17) is 4.74 Å². The van der Waals surface area contributed by atoms with Gasteiger partial charge in [0, 0.05) is 18.5 Å². The lowest BCUT2D eigenvalue weighted by Gasteiger charge is -2.26. The minimum Gasteiger partial charge on any atom is -0.381 e. The Morgan fingerprint density at radius 3 is 2.65 bits per heavy atom. The Hall–Kier alpha value is -0.340. The predicted octanol–water partition coefficient (Wildman–Crippen LogP) is 4.29. The molecule has 17 heavy (non-hydrogen) atoms. The van der Waals surface area contributed by atoms with Gasteiger partial charge in [0.25, 0.3) is 0 Å². The number of hydrogen-bond donors (Lipinski definition) is 0. The van der Waals surface area contributed by atoms with Crippen LogP contribution in [0.4, 0.5) is 0 Å². The normalized spacial score (nSPS) is 19.2. The molecule has 0 N–H and O–H groups in total. The third-order valence-corrected chi connectivity index (χ3v) is 4.55. The van der Waals surface area contributed by atoms with Crippen LogP contribution in [0.15, 0.2) is 24.3 Å². The van der Waals surface area contributed by atoms with Gasteiger partial charge in [-0.15, -0.1) is 0 Å². The number of ether oxygens (including phenoxy) is 1. The van der Waals surface area contributed by atoms with E-state index in [0.29, 0.717) is 5.92 Å². The van der Waals surface area contributed by atoms with Crippen molar-refractivity contribution in [1.29, 1.82) is 0 Å². The topological polar surface area (TPSA) is 9.23 Å². The minimum absolute atomic E-state index is 0.652. The molecule has 0 radical (unpaired) electrons. The van der Waals surface area contributed by atoms with E-state index in [-0.39, 0.29) is 0 Å². The van der Waals surface area contributed by atoms with Crippen LogP contribution in [0, 0.1) is 12.8 Å². The van der Waals surface area contributed by atoms with Crippen LogP contribution in [0.1, 0.15) is 36.3 Å². The van der Waals surface area contributed by atoms with Gasteiger partial charge in [0.05, 0.1) is 0 Å². The SMILES string of the molecule is Cc1ccccc1C(CBr)CC1CCOCC1. The van der Waals surface area contributed by atoms with Gasteiger partial charge in [-0.3, -0.25) is 0 Å². The van der Waals surface area contributed by atoms with E-state index in [1.807, 2.05) is 0 Å². The monoisotopic (exact) mass is 296 g/mol. The van der Waals surface area contributed by atoms with Crippen molar-refractivity contribution in [2.24, 2.45) is 5.92 Å². The first-order chi connectivity index (χ1) is 8.31. The molecule has 2 heteroatoms. The lowest BCUT2D eigenvalue weighted by molar-refractivity contribution is 0.0623. The van der Waals surface area contributed by atoms with Crippen LogP contribution in [-0.4, -0.2) is 18.5 Å². The van der Waals surface area contributed by atoms with Gasteiger partial charge in [-0.25, -0.2) is 0 Å². The van der Waals surface area contributed by atoms with Crippen molar-refractivity contribution >= 4 is 15.9 Å². The first-order valence-corrected chi connectivity index (χ1v) is 7.62. The van der Waals surface area contributed by atoms with E-state index in [2.05, 4.69) is 47.1 Å². The Balaban J connectivity index is 2.03. The van der Waals surface area contributed by atoms with E-state index in [9.17, 15) is 0 Å². The Kier molecular flexibility index (Phi) is 5.05. The van der Waals surface area contributed by atoms with E-state index in [0.717, 1.165) is 24.5 Å². The predicted molar refractivity (Wildman–Crippen MR) is 75.9 cm³/mol. The first-order valence-electron chi connectivity index (χ1n) is 6.50. The fourth-order valence-corrected chi connectivity index (χ4v) is 3.32. The molecule has 0 spiro atoms. The zero-order chi connectivity index (χ0) is 12.1. The van der Waals surface area contributed by atoms with E-state index in [1.165, 1.54) is 30.4 Å². The van der Waals surface area contributed by atoms with Crippen molar-refractivity contribution in [3.05, 3.63) is 35.4 Å². The second-order valence-electron chi connectivity index (χ2n) is 5.00. The molecular weight excluding hydrogens is 276 g/mol. The minimum atomic E-state index is 0.652. The van der Waals surface area contributed by atoms with Crippen molar-refractivity contribution < 1.29 is 4.74 Å². The third-order valence-electron chi connectivity index (χ3n) is 3.77. The summed E-state index contributed by atoms with van der Waals surface area (Å²) in [6.45, 7) is 4.12. The van der Waals surface area contributed by atoms with Gasteiger partial charge in [0.1, 0.15) is 0 Å². The molecule has 0 aromatic heterocycles. The van der Waals surface area contributed by atoms with E-state index >= 15 is 0 Å². The highest BCUT2D eigenvalue weighted by molar-refractivity contribution is 9.09. The summed E-state index contributed by atoms with van der Waals surface area (Å²) in [5.74, 6) is 1.49. The number of rotatable bonds is 4. The molecule has 0 aliphatic carbocycles.